The van der Waals surface area contributed by atoms with Gasteiger partial charge in [0.05, 0.1) is 6.54 Å². The van der Waals surface area contributed by atoms with Gasteiger partial charge in [-0.05, 0) is 39.3 Å². The molecule has 3 heteroatoms. The molecule has 0 spiro atoms. The van der Waals surface area contributed by atoms with Gasteiger partial charge in [0.2, 0.25) is 5.91 Å². The number of hydrogen-bond donors (Lipinski definition) is 1. The molecular formula is C13H26N2O. The Bertz CT molecular complexity index is 198. The van der Waals surface area contributed by atoms with Crippen LogP contribution in [0.25, 0.3) is 0 Å². The average Bonchev–Trinajstić information content (AvgIpc) is 2.21. The molecule has 0 radical (unpaired) electrons. The lowest BCUT2D eigenvalue weighted by atomic mass is 10.1. The summed E-state index contributed by atoms with van der Waals surface area (Å²) in [5, 5.41) is 3.03. The van der Waals surface area contributed by atoms with Crippen LogP contribution in [-0.4, -0.2) is 36.5 Å². The lowest BCUT2D eigenvalue weighted by molar-refractivity contribution is -0.122. The highest BCUT2D eigenvalue weighted by Gasteiger charge is 2.13. The lowest BCUT2D eigenvalue weighted by Crippen LogP contribution is -2.41. The summed E-state index contributed by atoms with van der Waals surface area (Å²) in [6.45, 7) is 6.93. The summed E-state index contributed by atoms with van der Waals surface area (Å²) in [6, 6.07) is 0.308. The van der Waals surface area contributed by atoms with Crippen LogP contribution in [0, 0.1) is 0 Å². The Morgan fingerprint density at radius 1 is 1.19 bits per heavy atom. The topological polar surface area (TPSA) is 32.3 Å². The van der Waals surface area contributed by atoms with Gasteiger partial charge in [-0.15, -0.1) is 0 Å². The van der Waals surface area contributed by atoms with Gasteiger partial charge >= 0.3 is 0 Å². The molecule has 1 fully saturated rings. The third-order valence-corrected chi connectivity index (χ3v) is 3.34. The monoisotopic (exact) mass is 226 g/mol. The Kier molecular flexibility index (Phi) is 6.46. The van der Waals surface area contributed by atoms with Gasteiger partial charge in [0.1, 0.15) is 0 Å². The van der Waals surface area contributed by atoms with Crippen LogP contribution in [0.3, 0.4) is 0 Å². The molecule has 1 rings (SSSR count). The van der Waals surface area contributed by atoms with Gasteiger partial charge in [-0.3, -0.25) is 9.69 Å². The minimum Gasteiger partial charge on any atom is -0.353 e. The maximum atomic E-state index is 11.7. The fourth-order valence-electron chi connectivity index (χ4n) is 2.10. The van der Waals surface area contributed by atoms with E-state index in [0.29, 0.717) is 12.6 Å². The van der Waals surface area contributed by atoms with E-state index in [9.17, 15) is 4.79 Å². The van der Waals surface area contributed by atoms with Crippen LogP contribution < -0.4 is 5.32 Å². The highest BCUT2D eigenvalue weighted by atomic mass is 16.2. The third kappa shape index (κ3) is 5.50. The van der Waals surface area contributed by atoms with Crippen molar-refractivity contribution in [1.29, 1.82) is 0 Å². The second kappa shape index (κ2) is 7.66. The van der Waals surface area contributed by atoms with Crippen LogP contribution in [0.15, 0.2) is 0 Å². The SMILES string of the molecule is CC[C@H](C)NC(=O)CN1CCCCCCC1. The summed E-state index contributed by atoms with van der Waals surface area (Å²) < 4.78 is 0. The van der Waals surface area contributed by atoms with Crippen LogP contribution >= 0.6 is 0 Å². The highest BCUT2D eigenvalue weighted by Crippen LogP contribution is 2.09. The van der Waals surface area contributed by atoms with Crippen LogP contribution in [0.5, 0.6) is 0 Å². The molecule has 1 N–H and O–H groups in total. The van der Waals surface area contributed by atoms with Crippen LogP contribution in [0.4, 0.5) is 0 Å². The Morgan fingerprint density at radius 3 is 2.31 bits per heavy atom. The Hall–Kier alpha value is -0.570. The van der Waals surface area contributed by atoms with Gasteiger partial charge in [0.25, 0.3) is 0 Å². The molecule has 1 atom stereocenters. The predicted octanol–water partition coefficient (Wildman–Crippen LogP) is 2.17. The Labute approximate surface area is 99.6 Å². The summed E-state index contributed by atoms with van der Waals surface area (Å²) in [5.74, 6) is 0.190. The molecule has 0 saturated carbocycles. The smallest absolute Gasteiger partial charge is 0.234 e. The third-order valence-electron chi connectivity index (χ3n) is 3.34. The number of nitrogens with one attached hydrogen (secondary N) is 1. The van der Waals surface area contributed by atoms with Crippen molar-refractivity contribution >= 4 is 5.91 Å². The molecule has 1 heterocycles. The van der Waals surface area contributed by atoms with Gasteiger partial charge in [0.15, 0.2) is 0 Å². The zero-order valence-corrected chi connectivity index (χ0v) is 10.8. The number of carbonyl (C=O) groups is 1. The number of rotatable bonds is 4. The molecule has 0 aliphatic carbocycles. The molecule has 0 aromatic rings. The first kappa shape index (κ1) is 13.5. The standard InChI is InChI=1S/C13H26N2O/c1-3-12(2)14-13(16)11-15-9-7-5-4-6-8-10-15/h12H,3-11H2,1-2H3,(H,14,16)/t12-/m0/s1. The van der Waals surface area contributed by atoms with E-state index in [4.69, 9.17) is 0 Å². The lowest BCUT2D eigenvalue weighted by Gasteiger charge is -2.24. The number of hydrogen-bond acceptors (Lipinski definition) is 2. The zero-order valence-electron chi connectivity index (χ0n) is 10.8. The second-order valence-electron chi connectivity index (χ2n) is 4.92. The van der Waals surface area contributed by atoms with Crippen molar-refractivity contribution in [3.8, 4) is 0 Å². The average molecular weight is 226 g/mol. The van der Waals surface area contributed by atoms with E-state index in [1.165, 1.54) is 32.1 Å². The van der Waals surface area contributed by atoms with Crippen molar-refractivity contribution < 1.29 is 4.79 Å². The Morgan fingerprint density at radius 2 is 1.75 bits per heavy atom. The first-order chi connectivity index (χ1) is 7.72. The van der Waals surface area contributed by atoms with E-state index in [1.807, 2.05) is 0 Å². The van der Waals surface area contributed by atoms with E-state index >= 15 is 0 Å². The minimum absolute atomic E-state index is 0.190. The fourth-order valence-corrected chi connectivity index (χ4v) is 2.10. The normalized spacial score (nSPS) is 20.9. The summed E-state index contributed by atoms with van der Waals surface area (Å²) >= 11 is 0. The largest absolute Gasteiger partial charge is 0.353 e. The molecule has 3 nitrogen and oxygen atoms in total. The van der Waals surface area contributed by atoms with Gasteiger partial charge in [0, 0.05) is 6.04 Å². The molecule has 1 amide bonds. The summed E-state index contributed by atoms with van der Waals surface area (Å²) in [4.78, 5) is 14.0. The van der Waals surface area contributed by atoms with Gasteiger partial charge in [-0.2, -0.15) is 0 Å². The molecule has 0 aromatic heterocycles. The van der Waals surface area contributed by atoms with Crippen LogP contribution in [0.1, 0.15) is 52.4 Å². The molecule has 94 valence electrons. The summed E-state index contributed by atoms with van der Waals surface area (Å²) in [7, 11) is 0. The molecule has 0 unspecified atom stereocenters. The van der Waals surface area contributed by atoms with Gasteiger partial charge in [-0.25, -0.2) is 0 Å². The molecular weight excluding hydrogens is 200 g/mol. The first-order valence-corrected chi connectivity index (χ1v) is 6.74. The number of carbonyl (C=O) groups excluding carboxylic acids is 1. The quantitative estimate of drug-likeness (QED) is 0.797. The highest BCUT2D eigenvalue weighted by molar-refractivity contribution is 5.78. The maximum absolute atomic E-state index is 11.7. The summed E-state index contributed by atoms with van der Waals surface area (Å²) in [6.07, 6.45) is 7.51. The van der Waals surface area contributed by atoms with Crippen molar-refractivity contribution in [1.82, 2.24) is 10.2 Å². The second-order valence-corrected chi connectivity index (χ2v) is 4.92. The molecule has 16 heavy (non-hydrogen) atoms. The van der Waals surface area contributed by atoms with E-state index < -0.39 is 0 Å². The van der Waals surface area contributed by atoms with Crippen LogP contribution in [0.2, 0.25) is 0 Å². The van der Waals surface area contributed by atoms with Crippen molar-refractivity contribution in [2.45, 2.75) is 58.4 Å². The van der Waals surface area contributed by atoms with Crippen molar-refractivity contribution in [3.05, 3.63) is 0 Å². The first-order valence-electron chi connectivity index (χ1n) is 6.74. The fraction of sp³-hybridized carbons (Fsp3) is 0.923. The van der Waals surface area contributed by atoms with Crippen molar-refractivity contribution in [2.24, 2.45) is 0 Å². The zero-order chi connectivity index (χ0) is 11.8. The van der Waals surface area contributed by atoms with Crippen molar-refractivity contribution in [2.75, 3.05) is 19.6 Å². The van der Waals surface area contributed by atoms with Gasteiger partial charge < -0.3 is 5.32 Å². The predicted molar refractivity (Wildman–Crippen MR) is 67.4 cm³/mol. The van der Waals surface area contributed by atoms with E-state index in [-0.39, 0.29) is 5.91 Å². The molecule has 1 aliphatic rings. The van der Waals surface area contributed by atoms with E-state index in [2.05, 4.69) is 24.1 Å². The number of nitrogens with zero attached hydrogens (tertiary/aromatic N) is 1. The summed E-state index contributed by atoms with van der Waals surface area (Å²) in [5.41, 5.74) is 0. The number of amides is 1. The van der Waals surface area contributed by atoms with Crippen molar-refractivity contribution in [3.63, 3.8) is 0 Å². The number of likely N-dealkylation sites (tertiary alicyclic amines) is 1. The molecule has 1 saturated heterocycles. The maximum Gasteiger partial charge on any atom is 0.234 e. The molecule has 0 aromatic carbocycles. The molecule has 1 aliphatic heterocycles. The minimum atomic E-state index is 0.190. The van der Waals surface area contributed by atoms with E-state index in [1.54, 1.807) is 0 Å². The van der Waals surface area contributed by atoms with Gasteiger partial charge in [-0.1, -0.05) is 26.2 Å². The van der Waals surface area contributed by atoms with Crippen LogP contribution in [-0.2, 0) is 4.79 Å². The Balaban J connectivity index is 2.25. The molecule has 0 bridgehead atoms. The van der Waals surface area contributed by atoms with E-state index in [0.717, 1.165) is 19.5 Å².